The lowest BCUT2D eigenvalue weighted by molar-refractivity contribution is 0.0572. The Hall–Kier alpha value is -1.39. The fraction of sp³-hybridized carbons (Fsp3) is 0.462. The van der Waals surface area contributed by atoms with Crippen LogP contribution in [0.25, 0.3) is 0 Å². The maximum atomic E-state index is 12.1. The van der Waals surface area contributed by atoms with Gasteiger partial charge in [-0.05, 0) is 12.1 Å². The van der Waals surface area contributed by atoms with Gasteiger partial charge in [0.1, 0.15) is 0 Å². The van der Waals surface area contributed by atoms with Crippen LogP contribution in [0.5, 0.6) is 0 Å². The number of carbonyl (C=O) groups excluding carboxylic acids is 1. The molecule has 0 aliphatic carbocycles. The SMILES string of the molecule is O=C(c1ccc(C#CCCO)s1)N1CC(O)C(O)C1. The highest BCUT2D eigenvalue weighted by atomic mass is 32.1. The first-order valence-corrected chi connectivity index (χ1v) is 6.78. The normalized spacial score (nSPS) is 22.2. The van der Waals surface area contributed by atoms with Gasteiger partial charge in [-0.1, -0.05) is 11.8 Å². The zero-order chi connectivity index (χ0) is 13.8. The number of carbonyl (C=O) groups is 1. The molecule has 0 radical (unpaired) electrons. The molecule has 19 heavy (non-hydrogen) atoms. The Kier molecular flexibility index (Phi) is 4.56. The number of amides is 1. The lowest BCUT2D eigenvalue weighted by Gasteiger charge is -2.13. The molecule has 2 atom stereocenters. The van der Waals surface area contributed by atoms with Gasteiger partial charge in [0, 0.05) is 19.5 Å². The maximum Gasteiger partial charge on any atom is 0.264 e. The van der Waals surface area contributed by atoms with E-state index in [2.05, 4.69) is 11.8 Å². The molecule has 0 saturated carbocycles. The van der Waals surface area contributed by atoms with E-state index in [0.29, 0.717) is 11.3 Å². The molecule has 1 aromatic rings. The smallest absolute Gasteiger partial charge is 0.264 e. The first-order chi connectivity index (χ1) is 9.11. The van der Waals surface area contributed by atoms with Crippen LogP contribution in [0.15, 0.2) is 12.1 Å². The van der Waals surface area contributed by atoms with E-state index in [4.69, 9.17) is 5.11 Å². The number of rotatable bonds is 2. The van der Waals surface area contributed by atoms with Crippen LogP contribution in [-0.4, -0.2) is 58.0 Å². The second-order valence-electron chi connectivity index (χ2n) is 4.28. The molecular weight excluding hydrogens is 266 g/mol. The minimum absolute atomic E-state index is 0.0215. The number of likely N-dealkylation sites (tertiary alicyclic amines) is 1. The molecule has 2 rings (SSSR count). The summed E-state index contributed by atoms with van der Waals surface area (Å²) in [5, 5.41) is 27.5. The van der Waals surface area contributed by atoms with Crippen molar-refractivity contribution in [1.82, 2.24) is 4.90 Å². The summed E-state index contributed by atoms with van der Waals surface area (Å²) in [6.45, 7) is 0.334. The van der Waals surface area contributed by atoms with E-state index >= 15 is 0 Å². The Morgan fingerprint density at radius 2 is 2.05 bits per heavy atom. The van der Waals surface area contributed by atoms with E-state index in [9.17, 15) is 15.0 Å². The van der Waals surface area contributed by atoms with Crippen LogP contribution in [0.4, 0.5) is 0 Å². The lowest BCUT2D eigenvalue weighted by atomic mass is 10.3. The summed E-state index contributed by atoms with van der Waals surface area (Å²) in [6.07, 6.45) is -1.33. The van der Waals surface area contributed by atoms with E-state index in [1.165, 1.54) is 16.2 Å². The highest BCUT2D eigenvalue weighted by Gasteiger charge is 2.33. The van der Waals surface area contributed by atoms with Crippen LogP contribution in [0.1, 0.15) is 21.0 Å². The van der Waals surface area contributed by atoms with Crippen molar-refractivity contribution in [3.05, 3.63) is 21.9 Å². The second kappa shape index (κ2) is 6.17. The van der Waals surface area contributed by atoms with Gasteiger partial charge in [0.15, 0.2) is 0 Å². The Balaban J connectivity index is 2.03. The van der Waals surface area contributed by atoms with Crippen LogP contribution < -0.4 is 0 Å². The zero-order valence-electron chi connectivity index (χ0n) is 10.2. The fourth-order valence-electron chi connectivity index (χ4n) is 1.82. The maximum absolute atomic E-state index is 12.1. The van der Waals surface area contributed by atoms with Crippen molar-refractivity contribution >= 4 is 17.2 Å². The van der Waals surface area contributed by atoms with Gasteiger partial charge in [0.05, 0.1) is 28.6 Å². The first-order valence-electron chi connectivity index (χ1n) is 5.97. The summed E-state index contributed by atoms with van der Waals surface area (Å²) < 4.78 is 0. The van der Waals surface area contributed by atoms with Crippen LogP contribution in [0, 0.1) is 11.8 Å². The van der Waals surface area contributed by atoms with Crippen molar-refractivity contribution in [2.45, 2.75) is 18.6 Å². The lowest BCUT2D eigenvalue weighted by Crippen LogP contribution is -2.29. The number of aliphatic hydroxyl groups is 3. The van der Waals surface area contributed by atoms with Crippen LogP contribution in [0.2, 0.25) is 0 Å². The average Bonchev–Trinajstić information content (AvgIpc) is 2.97. The number of β-amino-alcohol motifs (C(OH)–C–C–N with tert-alkyl or cyclic N) is 2. The number of hydrogen-bond acceptors (Lipinski definition) is 5. The topological polar surface area (TPSA) is 81.0 Å². The summed E-state index contributed by atoms with van der Waals surface area (Å²) in [5.41, 5.74) is 0. The molecule has 6 heteroatoms. The van der Waals surface area contributed by atoms with E-state index in [-0.39, 0.29) is 25.6 Å². The third kappa shape index (κ3) is 3.33. The van der Waals surface area contributed by atoms with Crippen molar-refractivity contribution in [3.8, 4) is 11.8 Å². The number of hydrogen-bond donors (Lipinski definition) is 3. The number of nitrogens with zero attached hydrogens (tertiary/aromatic N) is 1. The molecule has 1 fully saturated rings. The molecule has 0 bridgehead atoms. The molecule has 102 valence electrons. The van der Waals surface area contributed by atoms with Crippen LogP contribution >= 0.6 is 11.3 Å². The minimum Gasteiger partial charge on any atom is -0.395 e. The van der Waals surface area contributed by atoms with Crippen LogP contribution in [0.3, 0.4) is 0 Å². The molecule has 0 spiro atoms. The largest absolute Gasteiger partial charge is 0.395 e. The zero-order valence-corrected chi connectivity index (χ0v) is 11.1. The van der Waals surface area contributed by atoms with Crippen LogP contribution in [-0.2, 0) is 0 Å². The van der Waals surface area contributed by atoms with Gasteiger partial charge in [0.25, 0.3) is 5.91 Å². The molecule has 5 nitrogen and oxygen atoms in total. The van der Waals surface area contributed by atoms with E-state index < -0.39 is 12.2 Å². The molecule has 2 unspecified atom stereocenters. The van der Waals surface area contributed by atoms with Crippen molar-refractivity contribution in [2.24, 2.45) is 0 Å². The standard InChI is InChI=1S/C13H15NO4S/c15-6-2-1-3-9-4-5-12(19-9)13(18)14-7-10(16)11(17)8-14/h4-5,10-11,15-17H,2,6-8H2. The summed E-state index contributed by atoms with van der Waals surface area (Å²) >= 11 is 1.27. The Labute approximate surface area is 115 Å². The molecule has 0 aromatic carbocycles. The molecule has 1 amide bonds. The van der Waals surface area contributed by atoms with E-state index in [1.54, 1.807) is 12.1 Å². The van der Waals surface area contributed by atoms with Gasteiger partial charge in [-0.2, -0.15) is 0 Å². The highest BCUT2D eigenvalue weighted by molar-refractivity contribution is 7.14. The van der Waals surface area contributed by atoms with Gasteiger partial charge in [-0.15, -0.1) is 11.3 Å². The van der Waals surface area contributed by atoms with E-state index in [1.807, 2.05) is 0 Å². The Morgan fingerprint density at radius 1 is 1.37 bits per heavy atom. The quantitative estimate of drug-likeness (QED) is 0.648. The summed E-state index contributed by atoms with van der Waals surface area (Å²) in [5.74, 6) is 5.46. The van der Waals surface area contributed by atoms with Gasteiger partial charge >= 0.3 is 0 Å². The van der Waals surface area contributed by atoms with Gasteiger partial charge < -0.3 is 20.2 Å². The number of thiophene rings is 1. The molecule has 2 heterocycles. The number of aliphatic hydroxyl groups excluding tert-OH is 3. The third-order valence-corrected chi connectivity index (χ3v) is 3.80. The molecule has 1 aromatic heterocycles. The predicted octanol–water partition coefficient (Wildman–Crippen LogP) is -0.340. The fourth-order valence-corrected chi connectivity index (χ4v) is 2.67. The molecular formula is C13H15NO4S. The van der Waals surface area contributed by atoms with Crippen molar-refractivity contribution in [2.75, 3.05) is 19.7 Å². The second-order valence-corrected chi connectivity index (χ2v) is 5.37. The molecule has 1 aliphatic rings. The van der Waals surface area contributed by atoms with E-state index in [0.717, 1.165) is 4.88 Å². The average molecular weight is 281 g/mol. The van der Waals surface area contributed by atoms with Gasteiger partial charge in [-0.25, -0.2) is 0 Å². The predicted molar refractivity (Wildman–Crippen MR) is 70.8 cm³/mol. The first kappa shape index (κ1) is 14.0. The monoisotopic (exact) mass is 281 g/mol. The molecule has 3 N–H and O–H groups in total. The minimum atomic E-state index is -0.868. The highest BCUT2D eigenvalue weighted by Crippen LogP contribution is 2.20. The molecule has 1 aliphatic heterocycles. The Morgan fingerprint density at radius 3 is 2.68 bits per heavy atom. The Bertz CT molecular complexity index is 506. The van der Waals surface area contributed by atoms with Gasteiger partial charge in [0.2, 0.25) is 0 Å². The third-order valence-electron chi connectivity index (χ3n) is 2.81. The van der Waals surface area contributed by atoms with Crippen molar-refractivity contribution in [1.29, 1.82) is 0 Å². The van der Waals surface area contributed by atoms with Crippen molar-refractivity contribution < 1.29 is 20.1 Å². The van der Waals surface area contributed by atoms with Crippen molar-refractivity contribution in [3.63, 3.8) is 0 Å². The summed E-state index contributed by atoms with van der Waals surface area (Å²) in [4.78, 5) is 14.8. The summed E-state index contributed by atoms with van der Waals surface area (Å²) in [7, 11) is 0. The summed E-state index contributed by atoms with van der Waals surface area (Å²) in [6, 6.07) is 3.44. The molecule has 1 saturated heterocycles. The van der Waals surface area contributed by atoms with Gasteiger partial charge in [-0.3, -0.25) is 4.79 Å².